The van der Waals surface area contributed by atoms with Gasteiger partial charge in [-0.15, -0.1) is 0 Å². The van der Waals surface area contributed by atoms with Crippen LogP contribution in [0.5, 0.6) is 0 Å². The van der Waals surface area contributed by atoms with Crippen LogP contribution in [0, 0.1) is 5.41 Å². The number of carbonyl (C=O) groups is 1. The normalized spacial score (nSPS) is 23.9. The Hall–Kier alpha value is -2.20. The molecular weight excluding hydrogens is 466 g/mol. The largest absolute Gasteiger partial charge is 0.461 e. The first-order valence-corrected chi connectivity index (χ1v) is 14.2. The molecule has 2 aromatic rings. The topological polar surface area (TPSA) is 92.1 Å². The van der Waals surface area contributed by atoms with Crippen molar-refractivity contribution in [2.45, 2.75) is 57.4 Å². The van der Waals surface area contributed by atoms with Gasteiger partial charge in [0.25, 0.3) is 0 Å². The highest BCUT2D eigenvalue weighted by molar-refractivity contribution is 7.89. The van der Waals surface area contributed by atoms with Crippen LogP contribution in [0.15, 0.2) is 29.2 Å². The highest BCUT2D eigenvalue weighted by Crippen LogP contribution is 2.57. The molecule has 1 saturated heterocycles. The third-order valence-corrected chi connectivity index (χ3v) is 10.1. The van der Waals surface area contributed by atoms with Gasteiger partial charge in [-0.05, 0) is 69.0 Å². The number of likely N-dealkylation sites (N-methyl/N-ethyl adjacent to an activating group) is 1. The van der Waals surface area contributed by atoms with Crippen molar-refractivity contribution in [1.29, 1.82) is 0 Å². The Balaban J connectivity index is 1.76. The second kappa shape index (κ2) is 9.03. The Bertz CT molecular complexity index is 1300. The van der Waals surface area contributed by atoms with E-state index in [2.05, 4.69) is 17.9 Å². The molecular formula is C26H35N3O5S. The lowest BCUT2D eigenvalue weighted by Gasteiger charge is -2.53. The number of sulfonamides is 1. The number of rotatable bonds is 8. The van der Waals surface area contributed by atoms with Crippen LogP contribution in [0.2, 0.25) is 0 Å². The summed E-state index contributed by atoms with van der Waals surface area (Å²) in [5.41, 5.74) is 3.50. The first-order chi connectivity index (χ1) is 16.8. The number of benzene rings is 1. The van der Waals surface area contributed by atoms with E-state index in [1.807, 2.05) is 17.6 Å². The van der Waals surface area contributed by atoms with Gasteiger partial charge in [0.2, 0.25) is 10.0 Å². The molecule has 0 radical (unpaired) electrons. The molecule has 0 aliphatic carbocycles. The van der Waals surface area contributed by atoms with Crippen LogP contribution in [-0.2, 0) is 26.0 Å². The summed E-state index contributed by atoms with van der Waals surface area (Å²) in [6, 6.07) is 5.37. The highest BCUT2D eigenvalue weighted by Gasteiger charge is 2.51. The van der Waals surface area contributed by atoms with E-state index in [1.165, 1.54) is 4.31 Å². The van der Waals surface area contributed by atoms with Gasteiger partial charge in [-0.2, -0.15) is 4.31 Å². The maximum absolute atomic E-state index is 13.3. The average Bonchev–Trinajstić information content (AvgIpc) is 3.20. The van der Waals surface area contributed by atoms with Crippen molar-refractivity contribution in [2.75, 3.05) is 39.4 Å². The smallest absolute Gasteiger partial charge is 0.354 e. The zero-order chi connectivity index (χ0) is 25.0. The third-order valence-electron chi connectivity index (χ3n) is 8.14. The van der Waals surface area contributed by atoms with Gasteiger partial charge in [0.1, 0.15) is 5.70 Å². The second-order valence-electron chi connectivity index (χ2n) is 9.73. The Labute approximate surface area is 207 Å². The minimum Gasteiger partial charge on any atom is -0.461 e. The van der Waals surface area contributed by atoms with Crippen LogP contribution in [-0.4, -0.2) is 72.7 Å². The number of fused-ring (bicyclic) bond motifs is 3. The fraction of sp³-hybridized carbons (Fsp3) is 0.577. The number of nitrogens with zero attached hydrogens (tertiary/aromatic N) is 3. The Kier molecular flexibility index (Phi) is 6.32. The summed E-state index contributed by atoms with van der Waals surface area (Å²) in [5, 5.41) is 10.2. The number of hydrogen-bond donors (Lipinski definition) is 1. The summed E-state index contributed by atoms with van der Waals surface area (Å²) in [5.74, 6) is -0.335. The van der Waals surface area contributed by atoms with Crippen LogP contribution in [0.4, 0.5) is 0 Å². The molecule has 8 nitrogen and oxygen atoms in total. The van der Waals surface area contributed by atoms with Crippen LogP contribution in [0.3, 0.4) is 0 Å². The molecule has 0 amide bonds. The lowest BCUT2D eigenvalue weighted by molar-refractivity contribution is -0.136. The molecule has 3 aliphatic rings. The van der Waals surface area contributed by atoms with Crippen molar-refractivity contribution < 1.29 is 23.1 Å². The fourth-order valence-corrected chi connectivity index (χ4v) is 8.00. The van der Waals surface area contributed by atoms with E-state index in [-0.39, 0.29) is 42.0 Å². The number of hydrogen-bond acceptors (Lipinski definition) is 6. The molecule has 0 spiro atoms. The summed E-state index contributed by atoms with van der Waals surface area (Å²) in [4.78, 5) is 16.0. The zero-order valence-corrected chi connectivity index (χ0v) is 21.6. The summed E-state index contributed by atoms with van der Waals surface area (Å²) in [7, 11) is -3.75. The summed E-state index contributed by atoms with van der Waals surface area (Å²) in [6.45, 7) is 8.14. The van der Waals surface area contributed by atoms with E-state index in [0.717, 1.165) is 60.9 Å². The molecule has 1 aromatic carbocycles. The molecule has 1 N–H and O–H groups in total. The molecule has 190 valence electrons. The molecule has 9 heteroatoms. The summed E-state index contributed by atoms with van der Waals surface area (Å²) >= 11 is 0. The van der Waals surface area contributed by atoms with Crippen molar-refractivity contribution >= 4 is 32.6 Å². The number of carbonyl (C=O) groups excluding carboxylic acids is 1. The lowest BCUT2D eigenvalue weighted by Crippen LogP contribution is -2.51. The van der Waals surface area contributed by atoms with Crippen molar-refractivity contribution in [2.24, 2.45) is 5.41 Å². The number of esters is 1. The summed E-state index contributed by atoms with van der Waals surface area (Å²) < 4.78 is 35.5. The van der Waals surface area contributed by atoms with E-state index in [1.54, 1.807) is 19.1 Å². The molecule has 1 fully saturated rings. The number of ether oxygens (including phenoxy) is 1. The van der Waals surface area contributed by atoms with Crippen molar-refractivity contribution in [3.05, 3.63) is 35.5 Å². The van der Waals surface area contributed by atoms with Crippen molar-refractivity contribution in [3.63, 3.8) is 0 Å². The first-order valence-electron chi connectivity index (χ1n) is 12.8. The van der Waals surface area contributed by atoms with E-state index in [0.29, 0.717) is 12.3 Å². The first kappa shape index (κ1) is 24.5. The number of aliphatic hydroxyl groups is 1. The van der Waals surface area contributed by atoms with E-state index in [9.17, 15) is 18.3 Å². The quantitative estimate of drug-likeness (QED) is 0.559. The van der Waals surface area contributed by atoms with Gasteiger partial charge in [0, 0.05) is 36.1 Å². The average molecular weight is 502 g/mol. The van der Waals surface area contributed by atoms with Crippen molar-refractivity contribution in [1.82, 2.24) is 13.8 Å². The van der Waals surface area contributed by atoms with E-state index >= 15 is 0 Å². The van der Waals surface area contributed by atoms with Crippen molar-refractivity contribution in [3.8, 4) is 0 Å². The second-order valence-corrected chi connectivity index (χ2v) is 11.7. The zero-order valence-electron chi connectivity index (χ0n) is 20.8. The molecule has 35 heavy (non-hydrogen) atoms. The predicted molar refractivity (Wildman–Crippen MR) is 134 cm³/mol. The van der Waals surface area contributed by atoms with Crippen LogP contribution in [0.25, 0.3) is 16.6 Å². The van der Waals surface area contributed by atoms with Crippen LogP contribution >= 0.6 is 0 Å². The Morgan fingerprint density at radius 1 is 1.26 bits per heavy atom. The number of aliphatic hydroxyl groups excluding tert-OH is 1. The molecule has 5 rings (SSSR count). The number of piperidine rings is 1. The summed E-state index contributed by atoms with van der Waals surface area (Å²) in [6.07, 6.45) is 5.98. The van der Waals surface area contributed by atoms with Gasteiger partial charge in [-0.3, -0.25) is 4.90 Å². The molecule has 0 saturated carbocycles. The monoisotopic (exact) mass is 501 g/mol. The van der Waals surface area contributed by atoms with E-state index < -0.39 is 10.0 Å². The standard InChI is InChI=1S/C26H35N3O5S/c1-4-26-11-7-12-27-13-10-19-20-16-18(35(32,33)28(5-2)14-15-30)8-9-21(20)29(23(19)24(26)27)22(17-26)25(31)34-6-3/h8-9,16-17,24,30H,4-7,10-15H2,1-3H3/t24-,26+/m1/s1. The van der Waals surface area contributed by atoms with Gasteiger partial charge in [0.15, 0.2) is 0 Å². The van der Waals surface area contributed by atoms with Gasteiger partial charge < -0.3 is 14.4 Å². The predicted octanol–water partition coefficient (Wildman–Crippen LogP) is 3.15. The van der Waals surface area contributed by atoms with Gasteiger partial charge in [-0.25, -0.2) is 13.2 Å². The maximum Gasteiger partial charge on any atom is 0.354 e. The van der Waals surface area contributed by atoms with Gasteiger partial charge >= 0.3 is 5.97 Å². The lowest BCUT2D eigenvalue weighted by atomic mass is 9.66. The van der Waals surface area contributed by atoms with Gasteiger partial charge in [-0.1, -0.05) is 13.8 Å². The third kappa shape index (κ3) is 3.58. The Morgan fingerprint density at radius 3 is 2.74 bits per heavy atom. The highest BCUT2D eigenvalue weighted by atomic mass is 32.2. The Morgan fingerprint density at radius 2 is 2.06 bits per heavy atom. The molecule has 0 unspecified atom stereocenters. The van der Waals surface area contributed by atoms with Gasteiger partial charge in [0.05, 0.1) is 29.7 Å². The molecule has 1 aromatic heterocycles. The molecule has 0 bridgehead atoms. The minimum absolute atomic E-state index is 0.0573. The molecule has 3 aliphatic heterocycles. The van der Waals surface area contributed by atoms with E-state index in [4.69, 9.17) is 4.74 Å². The SMILES string of the molecule is CCOC(=O)C1=C[C@]2(CC)CCCN3CCc4c(n1c1ccc(S(=O)(=O)N(CC)CCO)cc41)[C@@H]32. The van der Waals surface area contributed by atoms with Crippen LogP contribution in [0.1, 0.15) is 57.3 Å². The number of aromatic nitrogens is 1. The molecule has 2 atom stereocenters. The fourth-order valence-electron chi connectivity index (χ4n) is 6.53. The molecule has 4 heterocycles. The minimum atomic E-state index is -3.75. The maximum atomic E-state index is 13.3. The van der Waals surface area contributed by atoms with Crippen LogP contribution < -0.4 is 0 Å².